The quantitative estimate of drug-likeness (QED) is 0.277. The Morgan fingerprint density at radius 2 is 1.57 bits per heavy atom. The molecule has 0 aliphatic heterocycles. The summed E-state index contributed by atoms with van der Waals surface area (Å²) in [6.45, 7) is 2.43. The van der Waals surface area contributed by atoms with Crippen molar-refractivity contribution in [1.82, 2.24) is 5.43 Å². The molecular formula is C26H27N3O6. The highest BCUT2D eigenvalue weighted by Gasteiger charge is 2.16. The van der Waals surface area contributed by atoms with Crippen molar-refractivity contribution in [3.05, 3.63) is 77.4 Å². The summed E-state index contributed by atoms with van der Waals surface area (Å²) in [5.74, 6) is 0.146. The van der Waals surface area contributed by atoms with Crippen molar-refractivity contribution in [2.75, 3.05) is 26.6 Å². The number of carbonyl (C=O) groups excluding carboxylic acids is 2. The van der Waals surface area contributed by atoms with Crippen molar-refractivity contribution < 1.29 is 28.5 Å². The molecule has 35 heavy (non-hydrogen) atoms. The number of rotatable bonds is 9. The predicted octanol–water partition coefficient (Wildman–Crippen LogP) is 3.69. The smallest absolute Gasteiger partial charge is 0.329 e. The van der Waals surface area contributed by atoms with Crippen LogP contribution >= 0.6 is 0 Å². The van der Waals surface area contributed by atoms with Crippen LogP contribution < -0.4 is 29.7 Å². The number of hydrazone groups is 1. The van der Waals surface area contributed by atoms with Gasteiger partial charge in [-0.2, -0.15) is 5.10 Å². The lowest BCUT2D eigenvalue weighted by atomic mass is 10.2. The number of nitrogens with one attached hydrogen (secondary N) is 2. The molecule has 3 aromatic rings. The third-order valence-electron chi connectivity index (χ3n) is 4.95. The Balaban J connectivity index is 1.57. The molecule has 2 amide bonds. The van der Waals surface area contributed by atoms with Gasteiger partial charge in [0.05, 0.1) is 33.2 Å². The van der Waals surface area contributed by atoms with Crippen LogP contribution in [0.1, 0.15) is 16.7 Å². The van der Waals surface area contributed by atoms with Crippen LogP contribution in [-0.2, 0) is 16.2 Å². The van der Waals surface area contributed by atoms with E-state index < -0.39 is 11.8 Å². The number of aryl methyl sites for hydroxylation is 1. The molecule has 0 spiro atoms. The molecule has 0 aliphatic carbocycles. The van der Waals surface area contributed by atoms with Gasteiger partial charge >= 0.3 is 11.8 Å². The van der Waals surface area contributed by atoms with E-state index >= 15 is 0 Å². The van der Waals surface area contributed by atoms with Gasteiger partial charge in [0.1, 0.15) is 18.1 Å². The van der Waals surface area contributed by atoms with Crippen LogP contribution in [-0.4, -0.2) is 39.4 Å². The molecule has 0 unspecified atom stereocenters. The highest BCUT2D eigenvalue weighted by Crippen LogP contribution is 2.29. The van der Waals surface area contributed by atoms with Gasteiger partial charge in [0, 0.05) is 6.07 Å². The highest BCUT2D eigenvalue weighted by molar-refractivity contribution is 6.39. The fourth-order valence-electron chi connectivity index (χ4n) is 3.03. The summed E-state index contributed by atoms with van der Waals surface area (Å²) in [6.07, 6.45) is 1.39. The van der Waals surface area contributed by atoms with Gasteiger partial charge in [-0.25, -0.2) is 5.43 Å². The van der Waals surface area contributed by atoms with E-state index in [0.29, 0.717) is 40.9 Å². The molecule has 0 aliphatic rings. The maximum Gasteiger partial charge on any atom is 0.329 e. The van der Waals surface area contributed by atoms with Crippen LogP contribution in [0.15, 0.2) is 65.8 Å². The Morgan fingerprint density at radius 3 is 2.26 bits per heavy atom. The van der Waals surface area contributed by atoms with Crippen LogP contribution in [0.25, 0.3) is 0 Å². The van der Waals surface area contributed by atoms with Crippen LogP contribution in [0, 0.1) is 6.92 Å². The summed E-state index contributed by atoms with van der Waals surface area (Å²) < 4.78 is 21.6. The first-order valence-electron chi connectivity index (χ1n) is 10.7. The van der Waals surface area contributed by atoms with E-state index in [1.165, 1.54) is 33.1 Å². The minimum absolute atomic E-state index is 0.323. The van der Waals surface area contributed by atoms with E-state index in [1.807, 2.05) is 31.2 Å². The number of carbonyl (C=O) groups is 2. The van der Waals surface area contributed by atoms with Gasteiger partial charge in [0.2, 0.25) is 0 Å². The maximum absolute atomic E-state index is 12.2. The van der Waals surface area contributed by atoms with Crippen molar-refractivity contribution in [2.45, 2.75) is 13.5 Å². The highest BCUT2D eigenvalue weighted by atomic mass is 16.5. The van der Waals surface area contributed by atoms with Crippen LogP contribution in [0.3, 0.4) is 0 Å². The molecular weight excluding hydrogens is 450 g/mol. The SMILES string of the molecule is COc1ccc(NC(=O)C(=O)N/N=C/c2ccc(OCc3ccc(C)cc3)c(OC)c2)c(OC)c1. The maximum atomic E-state index is 12.2. The molecule has 0 atom stereocenters. The van der Waals surface area contributed by atoms with Crippen molar-refractivity contribution in [1.29, 1.82) is 0 Å². The number of amides is 2. The minimum Gasteiger partial charge on any atom is -0.497 e. The summed E-state index contributed by atoms with van der Waals surface area (Å²) in [6, 6.07) is 18.1. The zero-order valence-corrected chi connectivity index (χ0v) is 20.0. The topological polar surface area (TPSA) is 107 Å². The lowest BCUT2D eigenvalue weighted by Crippen LogP contribution is -2.32. The second kappa shape index (κ2) is 12.1. The number of methoxy groups -OCH3 is 3. The fraction of sp³-hybridized carbons (Fsp3) is 0.192. The molecule has 3 rings (SSSR count). The molecule has 2 N–H and O–H groups in total. The number of anilines is 1. The molecule has 0 saturated carbocycles. The van der Waals surface area contributed by atoms with E-state index in [0.717, 1.165) is 5.56 Å². The predicted molar refractivity (Wildman–Crippen MR) is 132 cm³/mol. The molecule has 3 aromatic carbocycles. The average molecular weight is 478 g/mol. The molecule has 9 heteroatoms. The Labute approximate surface area is 203 Å². The normalized spacial score (nSPS) is 10.5. The van der Waals surface area contributed by atoms with Crippen LogP contribution in [0.2, 0.25) is 0 Å². The summed E-state index contributed by atoms with van der Waals surface area (Å²) >= 11 is 0. The Morgan fingerprint density at radius 1 is 0.829 bits per heavy atom. The van der Waals surface area contributed by atoms with E-state index in [1.54, 1.807) is 36.4 Å². The second-order valence-electron chi connectivity index (χ2n) is 7.40. The van der Waals surface area contributed by atoms with Crippen molar-refractivity contribution >= 4 is 23.7 Å². The first kappa shape index (κ1) is 25.1. The molecule has 0 heterocycles. The summed E-state index contributed by atoms with van der Waals surface area (Å²) in [4.78, 5) is 24.3. The van der Waals surface area contributed by atoms with E-state index in [4.69, 9.17) is 18.9 Å². The Hall–Kier alpha value is -4.53. The Kier molecular flexibility index (Phi) is 8.66. The van der Waals surface area contributed by atoms with Crippen molar-refractivity contribution in [2.24, 2.45) is 5.10 Å². The lowest BCUT2D eigenvalue weighted by molar-refractivity contribution is -0.136. The van der Waals surface area contributed by atoms with Gasteiger partial charge in [-0.3, -0.25) is 9.59 Å². The van der Waals surface area contributed by atoms with Crippen LogP contribution in [0.4, 0.5) is 5.69 Å². The standard InChI is InChI=1S/C26H27N3O6/c1-17-5-7-18(8-6-17)16-35-22-12-9-19(13-24(22)34-4)15-27-29-26(31)25(30)28-21-11-10-20(32-2)14-23(21)33-3/h5-15H,16H2,1-4H3,(H,28,30)(H,29,31)/b27-15+. The summed E-state index contributed by atoms with van der Waals surface area (Å²) in [5, 5.41) is 6.32. The molecule has 0 bridgehead atoms. The van der Waals surface area contributed by atoms with Crippen molar-refractivity contribution in [3.63, 3.8) is 0 Å². The van der Waals surface area contributed by atoms with Gasteiger partial charge < -0.3 is 24.3 Å². The summed E-state index contributed by atoms with van der Waals surface area (Å²) in [7, 11) is 4.50. The molecule has 0 saturated heterocycles. The first-order chi connectivity index (χ1) is 16.9. The average Bonchev–Trinajstić information content (AvgIpc) is 2.88. The monoisotopic (exact) mass is 477 g/mol. The third kappa shape index (κ3) is 6.97. The van der Waals surface area contributed by atoms with E-state index in [2.05, 4.69) is 15.8 Å². The van der Waals surface area contributed by atoms with Crippen LogP contribution in [0.5, 0.6) is 23.0 Å². The molecule has 0 aromatic heterocycles. The zero-order valence-electron chi connectivity index (χ0n) is 20.0. The van der Waals surface area contributed by atoms with Crippen molar-refractivity contribution in [3.8, 4) is 23.0 Å². The van der Waals surface area contributed by atoms with Gasteiger partial charge in [0.25, 0.3) is 0 Å². The van der Waals surface area contributed by atoms with Gasteiger partial charge in [-0.15, -0.1) is 0 Å². The number of hydrogen-bond acceptors (Lipinski definition) is 7. The number of ether oxygens (including phenoxy) is 4. The Bertz CT molecular complexity index is 1210. The number of hydrogen-bond donors (Lipinski definition) is 2. The number of benzene rings is 3. The first-order valence-corrected chi connectivity index (χ1v) is 10.7. The summed E-state index contributed by atoms with van der Waals surface area (Å²) in [5.41, 5.74) is 5.38. The largest absolute Gasteiger partial charge is 0.497 e. The molecule has 182 valence electrons. The molecule has 0 fully saturated rings. The molecule has 0 radical (unpaired) electrons. The fourth-order valence-corrected chi connectivity index (χ4v) is 3.03. The van der Waals surface area contributed by atoms with E-state index in [9.17, 15) is 9.59 Å². The van der Waals surface area contributed by atoms with Gasteiger partial charge in [-0.1, -0.05) is 29.8 Å². The van der Waals surface area contributed by atoms with Gasteiger partial charge in [0.15, 0.2) is 11.5 Å². The number of nitrogens with zero attached hydrogens (tertiary/aromatic N) is 1. The minimum atomic E-state index is -0.941. The third-order valence-corrected chi connectivity index (χ3v) is 4.95. The molecule has 9 nitrogen and oxygen atoms in total. The van der Waals surface area contributed by atoms with E-state index in [-0.39, 0.29) is 0 Å². The lowest BCUT2D eigenvalue weighted by Gasteiger charge is -2.11. The second-order valence-corrected chi connectivity index (χ2v) is 7.40. The van der Waals surface area contributed by atoms with Gasteiger partial charge in [-0.05, 0) is 48.4 Å². The zero-order chi connectivity index (χ0) is 25.2.